The van der Waals surface area contributed by atoms with Gasteiger partial charge in [0.05, 0.1) is 19.3 Å². The van der Waals surface area contributed by atoms with Gasteiger partial charge in [0.25, 0.3) is 5.91 Å². The average molecular weight is 682 g/mol. The Morgan fingerprint density at radius 1 is 0.918 bits per heavy atom. The molecule has 2 amide bonds. The summed E-state index contributed by atoms with van der Waals surface area (Å²) in [6.45, 7) is 4.08. The Kier molecular flexibility index (Phi) is 12.2. The van der Waals surface area contributed by atoms with Crippen LogP contribution >= 0.6 is 0 Å². The maximum absolute atomic E-state index is 13.6. The van der Waals surface area contributed by atoms with E-state index < -0.39 is 49.6 Å². The minimum atomic E-state index is -1.80. The van der Waals surface area contributed by atoms with E-state index in [-0.39, 0.29) is 17.1 Å². The molecule has 2 fully saturated rings. The summed E-state index contributed by atoms with van der Waals surface area (Å²) >= 11 is 0. The highest BCUT2D eigenvalue weighted by Gasteiger charge is 2.31. The molecular formula is C36H44FN3O9. The molecule has 0 bridgehead atoms. The van der Waals surface area contributed by atoms with E-state index in [1.807, 2.05) is 6.92 Å². The third kappa shape index (κ3) is 9.32. The third-order valence-electron chi connectivity index (χ3n) is 8.85. The number of piperazine rings is 1. The molecule has 2 aliphatic rings. The van der Waals surface area contributed by atoms with Crippen molar-refractivity contribution in [2.24, 2.45) is 0 Å². The highest BCUT2D eigenvalue weighted by Crippen LogP contribution is 2.46. The lowest BCUT2D eigenvalue weighted by Crippen LogP contribution is -2.49. The number of hydrogen-bond donors (Lipinski definition) is 6. The Morgan fingerprint density at radius 2 is 1.57 bits per heavy atom. The summed E-state index contributed by atoms with van der Waals surface area (Å²) < 4.78 is 25.2. The second kappa shape index (κ2) is 16.5. The van der Waals surface area contributed by atoms with Gasteiger partial charge in [0.1, 0.15) is 35.6 Å². The molecule has 13 heteroatoms. The molecule has 264 valence electrons. The molecule has 0 unspecified atom stereocenters. The number of amides is 2. The van der Waals surface area contributed by atoms with Crippen molar-refractivity contribution in [1.29, 1.82) is 0 Å². The molecule has 12 nitrogen and oxygen atoms in total. The molecule has 1 saturated heterocycles. The molecule has 5 rings (SSSR count). The Morgan fingerprint density at radius 3 is 2.18 bits per heavy atom. The van der Waals surface area contributed by atoms with Crippen LogP contribution in [0.3, 0.4) is 0 Å². The van der Waals surface area contributed by atoms with Crippen LogP contribution in [0, 0.1) is 5.82 Å². The topological polar surface area (TPSA) is 172 Å². The molecule has 0 spiro atoms. The highest BCUT2D eigenvalue weighted by molar-refractivity contribution is 5.94. The van der Waals surface area contributed by atoms with Crippen molar-refractivity contribution < 1.29 is 49.0 Å². The molecule has 1 aliphatic carbocycles. The van der Waals surface area contributed by atoms with Gasteiger partial charge < -0.3 is 45.2 Å². The van der Waals surface area contributed by atoms with Crippen LogP contribution in [0.15, 0.2) is 60.7 Å². The lowest BCUT2D eigenvalue weighted by Gasteiger charge is -2.34. The minimum Gasteiger partial charge on any atom is -0.494 e. The molecule has 0 radical (unpaired) electrons. The molecule has 3 aromatic carbocycles. The maximum Gasteiger partial charge on any atom is 0.415 e. The Bertz CT molecular complexity index is 1560. The number of ether oxygens (including phenoxy) is 2. The van der Waals surface area contributed by atoms with Crippen LogP contribution in [0.1, 0.15) is 47.2 Å². The third-order valence-corrected chi connectivity index (χ3v) is 8.85. The number of benzene rings is 3. The van der Waals surface area contributed by atoms with Gasteiger partial charge in [-0.15, -0.1) is 0 Å². The number of carbonyl (C=O) groups excluding carboxylic acids is 2. The highest BCUT2D eigenvalue weighted by atomic mass is 19.1. The van der Waals surface area contributed by atoms with Crippen LogP contribution in [0.25, 0.3) is 11.1 Å². The summed E-state index contributed by atoms with van der Waals surface area (Å²) in [4.78, 5) is 29.3. The van der Waals surface area contributed by atoms with Crippen molar-refractivity contribution in [2.75, 3.05) is 45.9 Å². The molecule has 6 N–H and O–H groups in total. The minimum absolute atomic E-state index is 0.202. The van der Waals surface area contributed by atoms with Crippen LogP contribution in [0.5, 0.6) is 11.5 Å². The summed E-state index contributed by atoms with van der Waals surface area (Å²) in [7, 11) is 0. The van der Waals surface area contributed by atoms with E-state index in [1.165, 1.54) is 42.0 Å². The van der Waals surface area contributed by atoms with Gasteiger partial charge in [-0.25, -0.2) is 9.18 Å². The van der Waals surface area contributed by atoms with Gasteiger partial charge in [-0.1, -0.05) is 12.1 Å². The largest absolute Gasteiger partial charge is 0.494 e. The maximum atomic E-state index is 13.6. The Balaban J connectivity index is 1.13. The molecule has 1 saturated carbocycles. The van der Waals surface area contributed by atoms with Crippen molar-refractivity contribution in [3.05, 3.63) is 83.2 Å². The first-order valence-electron chi connectivity index (χ1n) is 16.5. The van der Waals surface area contributed by atoms with E-state index in [4.69, 9.17) is 14.6 Å². The molecular weight excluding hydrogens is 637 g/mol. The van der Waals surface area contributed by atoms with E-state index >= 15 is 0 Å². The zero-order valence-corrected chi connectivity index (χ0v) is 27.4. The van der Waals surface area contributed by atoms with E-state index in [2.05, 4.69) is 22.3 Å². The van der Waals surface area contributed by atoms with E-state index in [1.54, 1.807) is 17.0 Å². The molecule has 49 heavy (non-hydrogen) atoms. The average Bonchev–Trinajstić information content (AvgIpc) is 3.97. The van der Waals surface area contributed by atoms with Crippen molar-refractivity contribution in [3.8, 4) is 22.6 Å². The Hall–Kier alpha value is -4.11. The summed E-state index contributed by atoms with van der Waals surface area (Å²) in [6, 6.07) is 16.7. The SMILES string of the molecule is CCOc1cc(-c2ccc(F)cc2)c(C2CC2)cc1CN1CCN(C(=O)Oc2ccc(C(=O)NC[C@@H](O)[C@H](O)[C@@H](O)[C@@H](O)CO)cc2)CC1. The predicted octanol–water partition coefficient (Wildman–Crippen LogP) is 2.25. The first-order valence-corrected chi connectivity index (χ1v) is 16.5. The van der Waals surface area contributed by atoms with Gasteiger partial charge >= 0.3 is 6.09 Å². The lowest BCUT2D eigenvalue weighted by atomic mass is 9.93. The van der Waals surface area contributed by atoms with Gasteiger partial charge in [0.15, 0.2) is 0 Å². The van der Waals surface area contributed by atoms with Crippen LogP contribution in [-0.2, 0) is 6.54 Å². The monoisotopic (exact) mass is 681 g/mol. The number of hydrogen-bond acceptors (Lipinski definition) is 10. The quantitative estimate of drug-likeness (QED) is 0.148. The first kappa shape index (κ1) is 36.2. The van der Waals surface area contributed by atoms with Crippen molar-refractivity contribution in [2.45, 2.75) is 56.6 Å². The normalized spacial score (nSPS) is 17.6. The smallest absolute Gasteiger partial charge is 0.415 e. The standard InChI is InChI=1S/C36H44FN3O9/c1-2-48-32-18-29(23-5-9-26(37)10-6-23)28(22-3-4-22)17-25(32)20-39-13-15-40(16-14-39)36(47)49-27-11-7-24(8-12-27)35(46)38-19-30(42)33(44)34(45)31(43)21-41/h5-12,17-18,22,30-31,33-34,41-45H,2-4,13-16,19-21H2,1H3,(H,38,46)/t30-,31+,33+,34+/m1/s1. The fourth-order valence-corrected chi connectivity index (χ4v) is 5.82. The lowest BCUT2D eigenvalue weighted by molar-refractivity contribution is -0.113. The van der Waals surface area contributed by atoms with E-state index in [0.717, 1.165) is 35.3 Å². The fourth-order valence-electron chi connectivity index (χ4n) is 5.82. The molecule has 1 heterocycles. The number of nitrogens with zero attached hydrogens (tertiary/aromatic N) is 2. The number of nitrogens with one attached hydrogen (secondary N) is 1. The second-order valence-corrected chi connectivity index (χ2v) is 12.4. The van der Waals surface area contributed by atoms with E-state index in [9.17, 15) is 34.4 Å². The number of carbonyl (C=O) groups is 2. The number of aliphatic hydroxyl groups excluding tert-OH is 5. The predicted molar refractivity (Wildman–Crippen MR) is 178 cm³/mol. The molecule has 0 aromatic heterocycles. The zero-order chi connectivity index (χ0) is 35.1. The fraction of sp³-hybridized carbons (Fsp3) is 0.444. The van der Waals surface area contributed by atoms with Crippen LogP contribution in [0.2, 0.25) is 0 Å². The van der Waals surface area contributed by atoms with Crippen LogP contribution < -0.4 is 14.8 Å². The first-order chi connectivity index (χ1) is 23.6. The number of halogens is 1. The second-order valence-electron chi connectivity index (χ2n) is 12.4. The van der Waals surface area contributed by atoms with E-state index in [0.29, 0.717) is 45.2 Å². The number of aliphatic hydroxyl groups is 5. The summed E-state index contributed by atoms with van der Waals surface area (Å²) in [6.07, 6.45) is -5.09. The Labute approximate surface area is 284 Å². The van der Waals surface area contributed by atoms with Crippen molar-refractivity contribution in [1.82, 2.24) is 15.1 Å². The van der Waals surface area contributed by atoms with Crippen LogP contribution in [-0.4, -0.2) is 118 Å². The van der Waals surface area contributed by atoms with Crippen molar-refractivity contribution in [3.63, 3.8) is 0 Å². The molecule has 3 aromatic rings. The van der Waals surface area contributed by atoms with Gasteiger partial charge in [0, 0.05) is 50.4 Å². The van der Waals surface area contributed by atoms with Gasteiger partial charge in [-0.2, -0.15) is 0 Å². The van der Waals surface area contributed by atoms with Crippen LogP contribution in [0.4, 0.5) is 9.18 Å². The van der Waals surface area contributed by atoms with Gasteiger partial charge in [-0.05, 0) is 90.9 Å². The van der Waals surface area contributed by atoms with Gasteiger partial charge in [0.2, 0.25) is 0 Å². The summed E-state index contributed by atoms with van der Waals surface area (Å²) in [5.41, 5.74) is 4.57. The van der Waals surface area contributed by atoms with Gasteiger partial charge in [-0.3, -0.25) is 9.69 Å². The summed E-state index contributed by atoms with van der Waals surface area (Å²) in [5, 5.41) is 50.3. The van der Waals surface area contributed by atoms with Crippen molar-refractivity contribution >= 4 is 12.0 Å². The molecule has 1 aliphatic heterocycles. The molecule has 4 atom stereocenters. The number of rotatable bonds is 14. The zero-order valence-electron chi connectivity index (χ0n) is 27.4. The summed E-state index contributed by atoms with van der Waals surface area (Å²) in [5.74, 6) is 0.671.